The molecule has 5 rings (SSSR count). The van der Waals surface area contributed by atoms with Gasteiger partial charge in [-0.25, -0.2) is 8.42 Å². The Hall–Kier alpha value is -2.66. The third-order valence-corrected chi connectivity index (χ3v) is 8.32. The topological polar surface area (TPSA) is 54.5 Å². The van der Waals surface area contributed by atoms with E-state index < -0.39 is 9.84 Å². The van der Waals surface area contributed by atoms with Gasteiger partial charge in [-0.2, -0.15) is 0 Å². The van der Waals surface area contributed by atoms with Gasteiger partial charge in [-0.1, -0.05) is 17.7 Å². The summed E-state index contributed by atoms with van der Waals surface area (Å²) < 4.78 is 26.1. The third-order valence-electron chi connectivity index (χ3n) is 6.56. The molecule has 0 fully saturated rings. The molecule has 0 saturated carbocycles. The molecule has 1 unspecified atom stereocenters. The molecule has 0 spiro atoms. The van der Waals surface area contributed by atoms with Gasteiger partial charge in [0.05, 0.1) is 9.79 Å². The lowest BCUT2D eigenvalue weighted by Crippen LogP contribution is -2.25. The first-order valence-corrected chi connectivity index (χ1v) is 12.1. The van der Waals surface area contributed by atoms with Crippen molar-refractivity contribution in [3.05, 3.63) is 77.0 Å². The molecule has 154 valence electrons. The number of fused-ring (bicyclic) bond motifs is 2. The highest BCUT2D eigenvalue weighted by Crippen LogP contribution is 2.40. The highest BCUT2D eigenvalue weighted by molar-refractivity contribution is 7.91. The fraction of sp³-hybridized carbons (Fsp3) is 0.320. The number of ketones is 1. The van der Waals surface area contributed by atoms with Gasteiger partial charge in [-0.3, -0.25) is 4.79 Å². The SMILES string of the molecule is Cc1ccc(S(=O)(=O)c2ccc3c(c2)CCN3C2=CC3=CC(=O)CCC3CC2)cc1. The first-order chi connectivity index (χ1) is 14.4. The summed E-state index contributed by atoms with van der Waals surface area (Å²) in [6, 6.07) is 12.5. The van der Waals surface area contributed by atoms with E-state index in [9.17, 15) is 13.2 Å². The van der Waals surface area contributed by atoms with E-state index in [4.69, 9.17) is 0 Å². The van der Waals surface area contributed by atoms with Crippen molar-refractivity contribution in [2.45, 2.75) is 48.8 Å². The lowest BCUT2D eigenvalue weighted by atomic mass is 9.79. The number of aryl methyl sites for hydroxylation is 1. The van der Waals surface area contributed by atoms with Crippen molar-refractivity contribution in [2.75, 3.05) is 11.4 Å². The van der Waals surface area contributed by atoms with Gasteiger partial charge in [0.2, 0.25) is 9.84 Å². The first kappa shape index (κ1) is 19.3. The highest BCUT2D eigenvalue weighted by Gasteiger charge is 2.30. The monoisotopic (exact) mass is 419 g/mol. The predicted molar refractivity (Wildman–Crippen MR) is 117 cm³/mol. The zero-order chi connectivity index (χ0) is 20.9. The Morgan fingerprint density at radius 2 is 1.63 bits per heavy atom. The molecule has 0 radical (unpaired) electrons. The van der Waals surface area contributed by atoms with Crippen LogP contribution in [0.15, 0.2) is 75.7 Å². The molecule has 0 bridgehead atoms. The van der Waals surface area contributed by atoms with Gasteiger partial charge in [0.25, 0.3) is 0 Å². The van der Waals surface area contributed by atoms with Crippen LogP contribution in [-0.2, 0) is 21.1 Å². The molecule has 0 saturated heterocycles. The van der Waals surface area contributed by atoms with E-state index in [1.165, 1.54) is 11.3 Å². The Kier molecular flexibility index (Phi) is 4.66. The summed E-state index contributed by atoms with van der Waals surface area (Å²) in [5.74, 6) is 0.738. The lowest BCUT2D eigenvalue weighted by molar-refractivity contribution is -0.115. The zero-order valence-electron chi connectivity index (χ0n) is 17.1. The molecule has 0 amide bonds. The maximum absolute atomic E-state index is 13.1. The van der Waals surface area contributed by atoms with Crippen LogP contribution >= 0.6 is 0 Å². The van der Waals surface area contributed by atoms with Gasteiger partial charge in [0, 0.05) is 24.4 Å². The molecular weight excluding hydrogens is 394 g/mol. The number of anilines is 1. The number of hydrogen-bond acceptors (Lipinski definition) is 4. The molecule has 2 aromatic rings. The van der Waals surface area contributed by atoms with Gasteiger partial charge in [0.15, 0.2) is 5.78 Å². The van der Waals surface area contributed by atoms with Crippen molar-refractivity contribution >= 4 is 21.3 Å². The average Bonchev–Trinajstić information content (AvgIpc) is 3.17. The van der Waals surface area contributed by atoms with Crippen LogP contribution < -0.4 is 4.90 Å². The van der Waals surface area contributed by atoms with Crippen molar-refractivity contribution in [3.63, 3.8) is 0 Å². The van der Waals surface area contributed by atoms with Crippen LogP contribution in [0.5, 0.6) is 0 Å². The molecule has 30 heavy (non-hydrogen) atoms. The highest BCUT2D eigenvalue weighted by atomic mass is 32.2. The number of sulfone groups is 1. The Morgan fingerprint density at radius 3 is 2.43 bits per heavy atom. The summed E-state index contributed by atoms with van der Waals surface area (Å²) in [6.45, 7) is 2.79. The second kappa shape index (κ2) is 7.24. The summed E-state index contributed by atoms with van der Waals surface area (Å²) in [4.78, 5) is 14.8. The van der Waals surface area contributed by atoms with Crippen LogP contribution in [0.2, 0.25) is 0 Å². The van der Waals surface area contributed by atoms with Crippen LogP contribution in [0.1, 0.15) is 36.8 Å². The molecule has 0 aromatic heterocycles. The van der Waals surface area contributed by atoms with Crippen molar-refractivity contribution in [1.29, 1.82) is 0 Å². The molecule has 4 nitrogen and oxygen atoms in total. The molecule has 0 N–H and O–H groups in total. The molecule has 1 heterocycles. The minimum atomic E-state index is -3.52. The first-order valence-electron chi connectivity index (χ1n) is 10.6. The summed E-state index contributed by atoms with van der Waals surface area (Å²) in [5, 5.41) is 0. The third kappa shape index (κ3) is 3.31. The molecular formula is C25H25NO3S. The summed E-state index contributed by atoms with van der Waals surface area (Å²) in [6.07, 6.45) is 8.55. The predicted octanol–water partition coefficient (Wildman–Crippen LogP) is 4.77. The van der Waals surface area contributed by atoms with Gasteiger partial charge >= 0.3 is 0 Å². The van der Waals surface area contributed by atoms with Crippen LogP contribution in [0, 0.1) is 12.8 Å². The standard InChI is InChI=1S/C25H25NO3S/c1-17-2-8-23(9-3-17)30(28,29)24-10-11-25-19(16-24)12-13-26(25)21-6-4-18-5-7-22(27)15-20(18)14-21/h2-3,8-11,14-16,18H,4-7,12-13H2,1H3. The normalized spacial score (nSPS) is 21.0. The Morgan fingerprint density at radius 1 is 0.900 bits per heavy atom. The summed E-state index contributed by atoms with van der Waals surface area (Å²) in [5.41, 5.74) is 5.60. The Bertz CT molecular complexity index is 1190. The smallest absolute Gasteiger partial charge is 0.206 e. The van der Waals surface area contributed by atoms with Crippen LogP contribution in [0.25, 0.3) is 0 Å². The number of nitrogens with zero attached hydrogens (tertiary/aromatic N) is 1. The van der Waals surface area contributed by atoms with Gasteiger partial charge < -0.3 is 4.90 Å². The second-order valence-electron chi connectivity index (χ2n) is 8.53. The van der Waals surface area contributed by atoms with Crippen LogP contribution in [0.3, 0.4) is 0 Å². The number of carbonyl (C=O) groups excluding carboxylic acids is 1. The molecule has 1 atom stereocenters. The van der Waals surface area contributed by atoms with Gasteiger partial charge in [0.1, 0.15) is 0 Å². The second-order valence-corrected chi connectivity index (χ2v) is 10.5. The van der Waals surface area contributed by atoms with Crippen molar-refractivity contribution < 1.29 is 13.2 Å². The lowest BCUT2D eigenvalue weighted by Gasteiger charge is -2.32. The van der Waals surface area contributed by atoms with E-state index in [2.05, 4.69) is 11.0 Å². The maximum atomic E-state index is 13.1. The fourth-order valence-corrected chi connectivity index (χ4v) is 6.14. The van der Waals surface area contributed by atoms with E-state index in [1.807, 2.05) is 37.3 Å². The largest absolute Gasteiger partial charge is 0.345 e. The van der Waals surface area contributed by atoms with Crippen LogP contribution in [0.4, 0.5) is 5.69 Å². The average molecular weight is 420 g/mol. The fourth-order valence-electron chi connectivity index (χ4n) is 4.83. The Labute approximate surface area is 177 Å². The maximum Gasteiger partial charge on any atom is 0.206 e. The Balaban J connectivity index is 1.46. The van der Waals surface area contributed by atoms with E-state index in [0.29, 0.717) is 22.1 Å². The van der Waals surface area contributed by atoms with Crippen LogP contribution in [-0.4, -0.2) is 20.7 Å². The number of carbonyl (C=O) groups is 1. The van der Waals surface area contributed by atoms with E-state index >= 15 is 0 Å². The van der Waals surface area contributed by atoms with E-state index in [1.54, 1.807) is 18.2 Å². The van der Waals surface area contributed by atoms with Crippen molar-refractivity contribution in [1.82, 2.24) is 0 Å². The minimum absolute atomic E-state index is 0.228. The molecule has 1 aliphatic heterocycles. The molecule has 5 heteroatoms. The summed E-state index contributed by atoms with van der Waals surface area (Å²) >= 11 is 0. The molecule has 2 aliphatic carbocycles. The summed E-state index contributed by atoms with van der Waals surface area (Å²) in [7, 11) is -3.52. The van der Waals surface area contributed by atoms with Gasteiger partial charge in [-0.15, -0.1) is 0 Å². The van der Waals surface area contributed by atoms with Gasteiger partial charge in [-0.05, 0) is 92.1 Å². The van der Waals surface area contributed by atoms with E-state index in [0.717, 1.165) is 49.0 Å². The van der Waals surface area contributed by atoms with Crippen molar-refractivity contribution in [3.8, 4) is 0 Å². The number of hydrogen-bond donors (Lipinski definition) is 0. The minimum Gasteiger partial charge on any atom is -0.345 e. The van der Waals surface area contributed by atoms with Crippen molar-refractivity contribution in [2.24, 2.45) is 5.92 Å². The quantitative estimate of drug-likeness (QED) is 0.719. The van der Waals surface area contributed by atoms with E-state index in [-0.39, 0.29) is 5.78 Å². The molecule has 3 aliphatic rings. The zero-order valence-corrected chi connectivity index (χ0v) is 17.9. The number of benzene rings is 2. The molecule has 2 aromatic carbocycles. The number of allylic oxidation sites excluding steroid dienone is 4. The number of rotatable bonds is 3.